The van der Waals surface area contributed by atoms with Gasteiger partial charge < -0.3 is 23.7 Å². The Bertz CT molecular complexity index is 1900. The summed E-state index contributed by atoms with van der Waals surface area (Å²) in [5, 5.41) is 7.74. The van der Waals surface area contributed by atoms with Crippen molar-refractivity contribution in [1.29, 1.82) is 0 Å². The molecule has 0 aliphatic carbocycles. The fourth-order valence-electron chi connectivity index (χ4n) is 5.72. The smallest absolute Gasteiger partial charge is 0.160 e. The molecule has 0 aliphatic rings. The quantitative estimate of drug-likeness (QED) is 0.0436. The number of Topliss-reactive ketones (excluding diaryl/α,β-unsaturated/α-hetero) is 10. The van der Waals surface area contributed by atoms with Crippen LogP contribution in [0.15, 0.2) is 6.20 Å². The lowest BCUT2D eigenvalue weighted by Crippen LogP contribution is -2.19. The molecular formula is C68H125N3O15. The van der Waals surface area contributed by atoms with Gasteiger partial charge in [0.1, 0.15) is 60.2 Å². The largest absolute Gasteiger partial charge is 0.381 e. The Morgan fingerprint density at radius 3 is 0.965 bits per heavy atom. The van der Waals surface area contributed by atoms with Crippen molar-refractivity contribution in [2.24, 2.45) is 71.0 Å². The molecule has 18 nitrogen and oxygen atoms in total. The Morgan fingerprint density at radius 2 is 0.640 bits per heavy atom. The molecule has 0 saturated carbocycles. The number of nitrogens with zero attached hydrogens (tertiary/aromatic N) is 3. The van der Waals surface area contributed by atoms with Gasteiger partial charge in [-0.25, -0.2) is 4.68 Å². The average Bonchev–Trinajstić information content (AvgIpc) is 3.99. The van der Waals surface area contributed by atoms with Gasteiger partial charge in [0, 0.05) is 97.7 Å². The van der Waals surface area contributed by atoms with Gasteiger partial charge in [0.2, 0.25) is 0 Å². The fourth-order valence-corrected chi connectivity index (χ4v) is 5.72. The summed E-state index contributed by atoms with van der Waals surface area (Å²) in [7, 11) is 0. The molecule has 0 spiro atoms. The van der Waals surface area contributed by atoms with Crippen molar-refractivity contribution >= 4 is 57.8 Å². The van der Waals surface area contributed by atoms with E-state index in [1.54, 1.807) is 6.20 Å². The molecule has 0 amide bonds. The van der Waals surface area contributed by atoms with E-state index >= 15 is 0 Å². The highest BCUT2D eigenvalue weighted by atomic mass is 16.5. The molecule has 0 saturated heterocycles. The molecule has 1 aromatic heterocycles. The molecule has 0 bridgehead atoms. The lowest BCUT2D eigenvalue weighted by Gasteiger charge is -2.07. The van der Waals surface area contributed by atoms with E-state index in [2.05, 4.69) is 38.0 Å². The topological polar surface area (TPSA) is 248 Å². The van der Waals surface area contributed by atoms with Crippen LogP contribution in [0.5, 0.6) is 0 Å². The van der Waals surface area contributed by atoms with Crippen molar-refractivity contribution in [2.45, 2.75) is 231 Å². The van der Waals surface area contributed by atoms with Gasteiger partial charge in [0.25, 0.3) is 0 Å². The Labute approximate surface area is 522 Å². The van der Waals surface area contributed by atoms with Crippen molar-refractivity contribution in [3.05, 3.63) is 11.9 Å². The molecule has 86 heavy (non-hydrogen) atoms. The monoisotopic (exact) mass is 1220 g/mol. The summed E-state index contributed by atoms with van der Waals surface area (Å²) >= 11 is 0. The molecule has 1 heterocycles. The molecule has 0 aliphatic heterocycles. The summed E-state index contributed by atoms with van der Waals surface area (Å²) < 4.78 is 27.7. The second kappa shape index (κ2) is 55.9. The number of hydrogen-bond acceptors (Lipinski definition) is 17. The van der Waals surface area contributed by atoms with E-state index < -0.39 is 0 Å². The normalized spacial score (nSPS) is 11.1. The van der Waals surface area contributed by atoms with Gasteiger partial charge in [-0.1, -0.05) is 171 Å². The molecule has 0 fully saturated rings. The van der Waals surface area contributed by atoms with Crippen molar-refractivity contribution in [3.63, 3.8) is 0 Å². The van der Waals surface area contributed by atoms with Crippen molar-refractivity contribution in [1.82, 2.24) is 15.0 Å². The van der Waals surface area contributed by atoms with Gasteiger partial charge in [-0.15, -0.1) is 5.10 Å². The Kier molecular flexibility index (Phi) is 58.8. The average molecular weight is 1220 g/mol. The summed E-state index contributed by atoms with van der Waals surface area (Å²) in [5.41, 5.74) is 0.625. The van der Waals surface area contributed by atoms with E-state index in [9.17, 15) is 47.9 Å². The van der Waals surface area contributed by atoms with Crippen LogP contribution < -0.4 is 0 Å². The number of hydrogen-bond donors (Lipinski definition) is 0. The molecule has 18 heteroatoms. The van der Waals surface area contributed by atoms with Crippen LogP contribution in [-0.4, -0.2) is 139 Å². The zero-order chi connectivity index (χ0) is 67.7. The highest BCUT2D eigenvalue weighted by Gasteiger charge is 2.17. The lowest BCUT2D eigenvalue weighted by atomic mass is 9.98. The lowest BCUT2D eigenvalue weighted by molar-refractivity contribution is -0.130. The summed E-state index contributed by atoms with van der Waals surface area (Å²) in [6.45, 7) is 50.6. The van der Waals surface area contributed by atoms with Gasteiger partial charge in [-0.2, -0.15) is 0 Å². The zero-order valence-electron chi connectivity index (χ0n) is 58.6. The SMILES string of the molecule is CC(C)C(=O)CC(=O)C(C)C.CC(C)C(=O)CCOCCC(=O)C(C)C.CC(C)C(=O)COCCOCC(=O)C(C)C.CC(C)C(=O)Cc1cn(CC(=O)C(C)C)nn1.CC(C)CCC(=O)C(C)C.CC(C)CCCOCCOCCC(=O)C(C)C. The molecule has 0 radical (unpaired) electrons. The number of carbonyl (C=O) groups excluding carboxylic acids is 10. The fraction of sp³-hybridized carbons (Fsp3) is 0.824. The molecule has 0 N–H and O–H groups in total. The van der Waals surface area contributed by atoms with Crippen LogP contribution in [0.1, 0.15) is 223 Å². The second-order valence-electron chi connectivity index (χ2n) is 25.6. The number of carbonyl (C=O) groups is 10. The third-order valence-electron chi connectivity index (χ3n) is 12.8. The van der Waals surface area contributed by atoms with E-state index in [1.807, 2.05) is 138 Å². The van der Waals surface area contributed by atoms with E-state index in [-0.39, 0.29) is 144 Å². The predicted octanol–water partition coefficient (Wildman–Crippen LogP) is 12.5. The number of ketones is 10. The maximum Gasteiger partial charge on any atom is 0.160 e. The third-order valence-corrected chi connectivity index (χ3v) is 12.8. The van der Waals surface area contributed by atoms with Gasteiger partial charge in [-0.3, -0.25) is 47.9 Å². The Hall–Kier alpha value is -4.36. The van der Waals surface area contributed by atoms with Crippen LogP contribution in [-0.2, 0) is 84.6 Å². The van der Waals surface area contributed by atoms with Crippen molar-refractivity contribution < 1.29 is 71.6 Å². The minimum atomic E-state index is -0.0160. The Balaban J connectivity index is -0.000000308. The predicted molar refractivity (Wildman–Crippen MR) is 343 cm³/mol. The second-order valence-corrected chi connectivity index (χ2v) is 25.6. The molecule has 0 atom stereocenters. The molecule has 0 unspecified atom stereocenters. The maximum absolute atomic E-state index is 11.5. The molecule has 1 rings (SSSR count). The number of rotatable bonds is 42. The van der Waals surface area contributed by atoms with E-state index in [4.69, 9.17) is 23.7 Å². The first-order valence-electron chi connectivity index (χ1n) is 31.9. The van der Waals surface area contributed by atoms with Gasteiger partial charge in [0.05, 0.1) is 64.8 Å². The van der Waals surface area contributed by atoms with E-state index in [0.717, 1.165) is 31.8 Å². The van der Waals surface area contributed by atoms with Crippen LogP contribution in [0, 0.1) is 71.0 Å². The van der Waals surface area contributed by atoms with Crippen LogP contribution >= 0.6 is 0 Å². The standard InChI is InChI=1S/C14H28O3.C12H19N3O2.C12H22O4.C12H22O3.C9H16O2.C9H18O/c1-12(2)6-5-8-16-10-11-17-9-7-14(15)13(3)4;1-8(2)11(16)5-10-6-15(14-13-10)7-12(17)9(3)4;1-9(2)11(13)7-15-5-6-16-8-12(14)10(3)4;1-9(2)11(13)5-7-15-8-6-12(14)10(3)4;1-6(2)8(10)5-9(11)7(3)4;1-7(2)5-6-9(10)8(3)4/h12-13H,5-11H2,1-4H3;6,8-9H,5,7H2,1-4H3;9-10H,5-8H2,1-4H3;9-10H,5-8H2,1-4H3;6-7H,5H2,1-4H3;7-8H,5-6H2,1-4H3. The van der Waals surface area contributed by atoms with Crippen LogP contribution in [0.3, 0.4) is 0 Å². The summed E-state index contributed by atoms with van der Waals surface area (Å²) in [4.78, 5) is 112. The Morgan fingerprint density at radius 1 is 0.337 bits per heavy atom. The van der Waals surface area contributed by atoms with Crippen molar-refractivity contribution in [2.75, 3.05) is 66.1 Å². The van der Waals surface area contributed by atoms with Crippen LogP contribution in [0.25, 0.3) is 0 Å². The zero-order valence-corrected chi connectivity index (χ0v) is 58.6. The minimum absolute atomic E-state index is 0.00236. The van der Waals surface area contributed by atoms with Gasteiger partial charge in [-0.05, 0) is 31.1 Å². The number of ether oxygens (including phenoxy) is 5. The third kappa shape index (κ3) is 59.9. The van der Waals surface area contributed by atoms with Gasteiger partial charge >= 0.3 is 0 Å². The molecule has 0 aromatic carbocycles. The maximum atomic E-state index is 11.5. The number of aromatic nitrogens is 3. The first kappa shape index (κ1) is 90.4. The highest BCUT2D eigenvalue weighted by molar-refractivity contribution is 6.00. The van der Waals surface area contributed by atoms with E-state index in [1.165, 1.54) is 11.1 Å². The summed E-state index contributed by atoms with van der Waals surface area (Å²) in [6, 6.07) is 0. The molecule has 502 valence electrons. The van der Waals surface area contributed by atoms with Crippen LogP contribution in [0.2, 0.25) is 0 Å². The van der Waals surface area contributed by atoms with E-state index in [0.29, 0.717) is 82.9 Å². The first-order chi connectivity index (χ1) is 39.8. The minimum Gasteiger partial charge on any atom is -0.381 e. The van der Waals surface area contributed by atoms with Crippen LogP contribution in [0.4, 0.5) is 0 Å². The van der Waals surface area contributed by atoms with Crippen molar-refractivity contribution in [3.8, 4) is 0 Å². The molecular weight excluding hydrogens is 1100 g/mol. The molecule has 1 aromatic rings. The first-order valence-corrected chi connectivity index (χ1v) is 31.9. The summed E-state index contributed by atoms with van der Waals surface area (Å²) in [5.74, 6) is 3.43. The van der Waals surface area contributed by atoms with Gasteiger partial charge in [0.15, 0.2) is 17.3 Å². The highest BCUT2D eigenvalue weighted by Crippen LogP contribution is 2.10. The summed E-state index contributed by atoms with van der Waals surface area (Å²) in [6.07, 6.45) is 7.61.